The van der Waals surface area contributed by atoms with Gasteiger partial charge in [-0.25, -0.2) is 0 Å². The summed E-state index contributed by atoms with van der Waals surface area (Å²) in [5, 5.41) is 3.42. The molecule has 3 aliphatic rings. The first-order valence-corrected chi connectivity index (χ1v) is 9.93. The quantitative estimate of drug-likeness (QED) is 0.778. The molecular formula is C19H37Cl2N3O. The Bertz CT molecular complexity index is 385. The summed E-state index contributed by atoms with van der Waals surface area (Å²) in [7, 11) is 0. The van der Waals surface area contributed by atoms with E-state index in [1.807, 2.05) is 0 Å². The van der Waals surface area contributed by atoms with E-state index in [0.717, 1.165) is 38.5 Å². The number of piperidine rings is 2. The van der Waals surface area contributed by atoms with Crippen LogP contribution in [0.15, 0.2) is 0 Å². The van der Waals surface area contributed by atoms with Crippen molar-refractivity contribution in [3.8, 4) is 0 Å². The number of amides is 1. The second kappa shape index (κ2) is 11.6. The SMILES string of the molecule is CC(CC(=O)N1CCC(CN2CCCCC2)C1)C1CCNCC1.Cl.Cl. The Labute approximate surface area is 166 Å². The molecule has 1 amide bonds. The predicted octanol–water partition coefficient (Wildman–Crippen LogP) is 3.19. The highest BCUT2D eigenvalue weighted by atomic mass is 35.5. The fraction of sp³-hybridized carbons (Fsp3) is 0.947. The van der Waals surface area contributed by atoms with Crippen molar-refractivity contribution in [2.75, 3.05) is 45.8 Å². The summed E-state index contributed by atoms with van der Waals surface area (Å²) in [5.74, 6) is 2.42. The Kier molecular flexibility index (Phi) is 10.7. The lowest BCUT2D eigenvalue weighted by Gasteiger charge is -2.30. The zero-order chi connectivity index (χ0) is 16.1. The second-order valence-corrected chi connectivity index (χ2v) is 8.12. The van der Waals surface area contributed by atoms with Gasteiger partial charge in [0.25, 0.3) is 0 Å². The molecule has 0 aliphatic carbocycles. The zero-order valence-corrected chi connectivity index (χ0v) is 17.4. The van der Waals surface area contributed by atoms with Crippen molar-refractivity contribution < 1.29 is 4.79 Å². The van der Waals surface area contributed by atoms with E-state index in [-0.39, 0.29) is 24.8 Å². The third-order valence-corrected chi connectivity index (χ3v) is 6.29. The normalized spacial score (nSPS) is 26.6. The minimum absolute atomic E-state index is 0. The molecule has 2 atom stereocenters. The number of nitrogens with zero attached hydrogens (tertiary/aromatic N) is 2. The van der Waals surface area contributed by atoms with Crippen LogP contribution in [0.25, 0.3) is 0 Å². The molecule has 3 heterocycles. The monoisotopic (exact) mass is 393 g/mol. The molecule has 3 saturated heterocycles. The van der Waals surface area contributed by atoms with Gasteiger partial charge in [-0.2, -0.15) is 0 Å². The Balaban J connectivity index is 0.00000156. The fourth-order valence-corrected chi connectivity index (χ4v) is 4.70. The van der Waals surface area contributed by atoms with Gasteiger partial charge in [0.2, 0.25) is 5.91 Å². The van der Waals surface area contributed by atoms with Crippen molar-refractivity contribution in [2.24, 2.45) is 17.8 Å². The van der Waals surface area contributed by atoms with Crippen LogP contribution in [-0.2, 0) is 4.79 Å². The lowest BCUT2D eigenvalue weighted by atomic mass is 9.84. The molecule has 148 valence electrons. The maximum atomic E-state index is 12.6. The first kappa shape index (κ1) is 23.0. The average Bonchev–Trinajstić information content (AvgIpc) is 3.05. The Morgan fingerprint density at radius 1 is 1.04 bits per heavy atom. The molecule has 25 heavy (non-hydrogen) atoms. The van der Waals surface area contributed by atoms with Crippen molar-refractivity contribution in [3.63, 3.8) is 0 Å². The van der Waals surface area contributed by atoms with Crippen LogP contribution in [0.5, 0.6) is 0 Å². The molecule has 3 fully saturated rings. The number of carbonyl (C=O) groups excluding carboxylic acids is 1. The van der Waals surface area contributed by atoms with Gasteiger partial charge in [0, 0.05) is 26.1 Å². The van der Waals surface area contributed by atoms with E-state index >= 15 is 0 Å². The molecule has 0 saturated carbocycles. The topological polar surface area (TPSA) is 35.6 Å². The highest BCUT2D eigenvalue weighted by Crippen LogP contribution is 2.27. The third-order valence-electron chi connectivity index (χ3n) is 6.29. The van der Waals surface area contributed by atoms with Gasteiger partial charge in [0.05, 0.1) is 0 Å². The van der Waals surface area contributed by atoms with Crippen molar-refractivity contribution >= 4 is 30.7 Å². The van der Waals surface area contributed by atoms with Crippen LogP contribution in [0.2, 0.25) is 0 Å². The van der Waals surface area contributed by atoms with Crippen molar-refractivity contribution in [3.05, 3.63) is 0 Å². The highest BCUT2D eigenvalue weighted by molar-refractivity contribution is 5.85. The van der Waals surface area contributed by atoms with Gasteiger partial charge in [-0.15, -0.1) is 24.8 Å². The lowest BCUT2D eigenvalue weighted by molar-refractivity contribution is -0.131. The molecule has 2 unspecified atom stereocenters. The molecule has 0 spiro atoms. The molecule has 6 heteroatoms. The summed E-state index contributed by atoms with van der Waals surface area (Å²) in [6, 6.07) is 0. The molecular weight excluding hydrogens is 357 g/mol. The number of likely N-dealkylation sites (tertiary alicyclic amines) is 2. The Morgan fingerprint density at radius 3 is 2.40 bits per heavy atom. The van der Waals surface area contributed by atoms with Crippen molar-refractivity contribution in [1.29, 1.82) is 0 Å². The summed E-state index contributed by atoms with van der Waals surface area (Å²) in [6.45, 7) is 10.3. The molecule has 0 aromatic heterocycles. The Hall–Kier alpha value is -0.0300. The fourth-order valence-electron chi connectivity index (χ4n) is 4.70. The number of halogens is 2. The maximum Gasteiger partial charge on any atom is 0.222 e. The second-order valence-electron chi connectivity index (χ2n) is 8.12. The number of carbonyl (C=O) groups is 1. The minimum atomic E-state index is 0. The summed E-state index contributed by atoms with van der Waals surface area (Å²) >= 11 is 0. The van der Waals surface area contributed by atoms with Crippen LogP contribution in [0.3, 0.4) is 0 Å². The minimum Gasteiger partial charge on any atom is -0.342 e. The van der Waals surface area contributed by atoms with Gasteiger partial charge in [-0.05, 0) is 76.0 Å². The maximum absolute atomic E-state index is 12.6. The van der Waals surface area contributed by atoms with E-state index in [4.69, 9.17) is 0 Å². The van der Waals surface area contributed by atoms with E-state index in [9.17, 15) is 4.79 Å². The van der Waals surface area contributed by atoms with E-state index in [1.165, 1.54) is 58.2 Å². The van der Waals surface area contributed by atoms with E-state index in [2.05, 4.69) is 22.0 Å². The molecule has 0 radical (unpaired) electrons. The first-order chi connectivity index (χ1) is 11.2. The third kappa shape index (κ3) is 6.89. The summed E-state index contributed by atoms with van der Waals surface area (Å²) in [6.07, 6.45) is 8.59. The van der Waals surface area contributed by atoms with E-state index in [1.54, 1.807) is 0 Å². The van der Waals surface area contributed by atoms with Gasteiger partial charge >= 0.3 is 0 Å². The molecule has 3 aliphatic heterocycles. The largest absolute Gasteiger partial charge is 0.342 e. The van der Waals surface area contributed by atoms with Crippen LogP contribution >= 0.6 is 24.8 Å². The molecule has 0 bridgehead atoms. The van der Waals surface area contributed by atoms with Crippen LogP contribution in [-0.4, -0.2) is 61.5 Å². The first-order valence-electron chi connectivity index (χ1n) is 9.93. The smallest absolute Gasteiger partial charge is 0.222 e. The average molecular weight is 394 g/mol. The van der Waals surface area contributed by atoms with Crippen molar-refractivity contribution in [2.45, 2.75) is 51.9 Å². The van der Waals surface area contributed by atoms with Crippen LogP contribution < -0.4 is 5.32 Å². The van der Waals surface area contributed by atoms with Crippen LogP contribution in [0.4, 0.5) is 0 Å². The molecule has 0 aromatic rings. The number of hydrogen-bond acceptors (Lipinski definition) is 3. The van der Waals surface area contributed by atoms with Gasteiger partial charge in [-0.1, -0.05) is 13.3 Å². The van der Waals surface area contributed by atoms with Gasteiger partial charge in [0.1, 0.15) is 0 Å². The number of hydrogen-bond donors (Lipinski definition) is 1. The summed E-state index contributed by atoms with van der Waals surface area (Å²) < 4.78 is 0. The number of nitrogens with one attached hydrogen (secondary N) is 1. The standard InChI is InChI=1S/C19H35N3O.2ClH/c1-16(18-5-8-20-9-6-18)13-19(23)22-12-7-17(15-22)14-21-10-3-2-4-11-21;;/h16-18,20H,2-15H2,1H3;2*1H. The zero-order valence-electron chi connectivity index (χ0n) is 15.8. The molecule has 1 N–H and O–H groups in total. The van der Waals surface area contributed by atoms with Gasteiger partial charge < -0.3 is 15.1 Å². The van der Waals surface area contributed by atoms with E-state index < -0.39 is 0 Å². The molecule has 3 rings (SSSR count). The van der Waals surface area contributed by atoms with Crippen LogP contribution in [0.1, 0.15) is 51.9 Å². The molecule has 0 aromatic carbocycles. The van der Waals surface area contributed by atoms with E-state index in [0.29, 0.717) is 17.7 Å². The van der Waals surface area contributed by atoms with Gasteiger partial charge in [-0.3, -0.25) is 4.79 Å². The Morgan fingerprint density at radius 2 is 1.72 bits per heavy atom. The predicted molar refractivity (Wildman–Crippen MR) is 109 cm³/mol. The van der Waals surface area contributed by atoms with Crippen LogP contribution in [0, 0.1) is 17.8 Å². The van der Waals surface area contributed by atoms with Gasteiger partial charge in [0.15, 0.2) is 0 Å². The molecule has 4 nitrogen and oxygen atoms in total. The lowest BCUT2D eigenvalue weighted by Crippen LogP contribution is -2.37. The summed E-state index contributed by atoms with van der Waals surface area (Å²) in [5.41, 5.74) is 0. The summed E-state index contributed by atoms with van der Waals surface area (Å²) in [4.78, 5) is 17.4. The van der Waals surface area contributed by atoms with Crippen molar-refractivity contribution in [1.82, 2.24) is 15.1 Å². The highest BCUT2D eigenvalue weighted by Gasteiger charge is 2.30. The number of rotatable bonds is 5.